The quantitative estimate of drug-likeness (QED) is 0.401. The predicted molar refractivity (Wildman–Crippen MR) is 134 cm³/mol. The van der Waals surface area contributed by atoms with E-state index in [1.54, 1.807) is 13.8 Å². The number of carbonyl (C=O) groups excluding carboxylic acids is 2. The fraction of sp³-hybridized carbons (Fsp3) is 0.276. The summed E-state index contributed by atoms with van der Waals surface area (Å²) in [5.74, 6) is -1.94. The number of esters is 1. The second-order valence-corrected chi connectivity index (χ2v) is 9.25. The van der Waals surface area contributed by atoms with Crippen molar-refractivity contribution in [3.05, 3.63) is 95.6 Å². The molecule has 0 spiro atoms. The zero-order valence-electron chi connectivity index (χ0n) is 20.3. The molecular weight excluding hydrogens is 458 g/mol. The van der Waals surface area contributed by atoms with E-state index in [2.05, 4.69) is 5.32 Å². The lowest BCUT2D eigenvalue weighted by atomic mass is 9.98. The van der Waals surface area contributed by atoms with Crippen LogP contribution in [0.25, 0.3) is 11.1 Å². The molecule has 186 valence electrons. The van der Waals surface area contributed by atoms with Gasteiger partial charge in [0.2, 0.25) is 0 Å². The third-order valence-corrected chi connectivity index (χ3v) is 6.41. The maximum absolute atomic E-state index is 12.5. The molecule has 0 aromatic heterocycles. The maximum atomic E-state index is 12.5. The fourth-order valence-corrected chi connectivity index (χ4v) is 4.54. The van der Waals surface area contributed by atoms with Crippen LogP contribution in [0.15, 0.2) is 78.9 Å². The summed E-state index contributed by atoms with van der Waals surface area (Å²) in [4.78, 5) is 36.6. The molecule has 1 aliphatic carbocycles. The van der Waals surface area contributed by atoms with Gasteiger partial charge in [0.15, 0.2) is 0 Å². The second-order valence-electron chi connectivity index (χ2n) is 9.25. The van der Waals surface area contributed by atoms with Crippen molar-refractivity contribution < 1.29 is 29.0 Å². The van der Waals surface area contributed by atoms with Crippen molar-refractivity contribution in [3.63, 3.8) is 0 Å². The van der Waals surface area contributed by atoms with Gasteiger partial charge in [0.25, 0.3) is 0 Å². The number of rotatable bonds is 9. The normalized spacial score (nSPS) is 13.3. The Labute approximate surface area is 210 Å². The summed E-state index contributed by atoms with van der Waals surface area (Å²) in [6, 6.07) is 23.9. The van der Waals surface area contributed by atoms with Gasteiger partial charge < -0.3 is 19.9 Å². The molecule has 0 saturated heterocycles. The van der Waals surface area contributed by atoms with Crippen molar-refractivity contribution in [2.24, 2.45) is 0 Å². The average molecular weight is 488 g/mol. The molecule has 2 N–H and O–H groups in total. The number of benzene rings is 3. The zero-order valence-corrected chi connectivity index (χ0v) is 20.3. The van der Waals surface area contributed by atoms with E-state index in [0.717, 1.165) is 27.8 Å². The van der Waals surface area contributed by atoms with Crippen molar-refractivity contribution in [1.29, 1.82) is 0 Å². The summed E-state index contributed by atoms with van der Waals surface area (Å²) in [5.41, 5.74) is 4.28. The number of carboxylic acid groups (broad SMARTS) is 1. The third kappa shape index (κ3) is 5.57. The summed E-state index contributed by atoms with van der Waals surface area (Å²) >= 11 is 0. The molecule has 36 heavy (non-hydrogen) atoms. The molecule has 4 rings (SSSR count). The van der Waals surface area contributed by atoms with E-state index in [9.17, 15) is 19.5 Å². The predicted octanol–water partition coefficient (Wildman–Crippen LogP) is 5.24. The van der Waals surface area contributed by atoms with Gasteiger partial charge in [-0.25, -0.2) is 9.59 Å². The first-order valence-electron chi connectivity index (χ1n) is 11.9. The van der Waals surface area contributed by atoms with E-state index in [0.29, 0.717) is 0 Å². The van der Waals surface area contributed by atoms with Crippen LogP contribution in [0.4, 0.5) is 4.79 Å². The molecule has 3 aromatic carbocycles. The van der Waals surface area contributed by atoms with Gasteiger partial charge in [-0.1, -0.05) is 78.9 Å². The number of aliphatic carboxylic acids is 1. The number of nitrogens with one attached hydrogen (secondary N) is 1. The van der Waals surface area contributed by atoms with Crippen molar-refractivity contribution >= 4 is 18.0 Å². The highest BCUT2D eigenvalue weighted by molar-refractivity contribution is 5.81. The van der Waals surface area contributed by atoms with Crippen molar-refractivity contribution in [2.75, 3.05) is 6.61 Å². The number of ether oxygens (including phenoxy) is 2. The number of alkyl carbamates (subject to hydrolysis) is 1. The molecule has 0 fully saturated rings. The van der Waals surface area contributed by atoms with Crippen molar-refractivity contribution in [2.45, 2.75) is 44.2 Å². The van der Waals surface area contributed by atoms with Gasteiger partial charge >= 0.3 is 18.0 Å². The van der Waals surface area contributed by atoms with Gasteiger partial charge in [0.1, 0.15) is 18.2 Å². The molecule has 7 nitrogen and oxygen atoms in total. The van der Waals surface area contributed by atoms with Gasteiger partial charge in [-0.2, -0.15) is 0 Å². The van der Waals surface area contributed by atoms with Gasteiger partial charge in [-0.05, 0) is 48.1 Å². The lowest BCUT2D eigenvalue weighted by molar-refractivity contribution is -0.157. The molecule has 0 heterocycles. The van der Waals surface area contributed by atoms with Crippen LogP contribution in [0.1, 0.15) is 49.3 Å². The standard InChI is InChI=1S/C29H29NO6/c1-29(2,19-10-4-3-5-11-19)36-26(31)17-16-25(27(32)33)30-28(34)35-18-24-22-14-8-6-12-20(22)21-13-7-9-15-23(21)24/h3-15,24-25H,16-18H2,1-2H3,(H,30,34)(H,32,33)/t25-/m0/s1. The molecule has 7 heteroatoms. The topological polar surface area (TPSA) is 102 Å². The first-order chi connectivity index (χ1) is 17.3. The lowest BCUT2D eigenvalue weighted by Gasteiger charge is -2.26. The molecule has 0 unspecified atom stereocenters. The molecule has 3 aromatic rings. The number of hydrogen-bond acceptors (Lipinski definition) is 5. The van der Waals surface area contributed by atoms with Crippen LogP contribution in [-0.4, -0.2) is 35.8 Å². The first-order valence-corrected chi connectivity index (χ1v) is 11.9. The Balaban J connectivity index is 1.32. The average Bonchev–Trinajstić information content (AvgIpc) is 3.19. The molecule has 0 radical (unpaired) electrons. The van der Waals surface area contributed by atoms with Gasteiger partial charge in [0.05, 0.1) is 0 Å². The Kier molecular flexibility index (Phi) is 7.38. The molecule has 0 saturated carbocycles. The van der Waals surface area contributed by atoms with Crippen molar-refractivity contribution in [3.8, 4) is 11.1 Å². The minimum atomic E-state index is -1.28. The molecule has 0 bridgehead atoms. The van der Waals surface area contributed by atoms with Gasteiger partial charge in [-0.3, -0.25) is 4.79 Å². The number of fused-ring (bicyclic) bond motifs is 3. The van der Waals surface area contributed by atoms with Crippen molar-refractivity contribution in [1.82, 2.24) is 5.32 Å². The van der Waals surface area contributed by atoms with Crippen LogP contribution < -0.4 is 5.32 Å². The molecule has 1 aliphatic rings. The first kappa shape index (κ1) is 25.0. The minimum absolute atomic E-state index is 0.0690. The second kappa shape index (κ2) is 10.6. The molecule has 0 aliphatic heterocycles. The largest absolute Gasteiger partial charge is 0.480 e. The Morgan fingerprint density at radius 2 is 1.44 bits per heavy atom. The van der Waals surface area contributed by atoms with E-state index in [-0.39, 0.29) is 25.4 Å². The molecule has 1 amide bonds. The zero-order chi connectivity index (χ0) is 25.7. The van der Waals surface area contributed by atoms with E-state index in [4.69, 9.17) is 9.47 Å². The van der Waals surface area contributed by atoms with Crippen LogP contribution >= 0.6 is 0 Å². The summed E-state index contributed by atoms with van der Waals surface area (Å²) in [5, 5.41) is 11.9. The Morgan fingerprint density at radius 3 is 2.03 bits per heavy atom. The van der Waals surface area contributed by atoms with Gasteiger partial charge in [0, 0.05) is 12.3 Å². The van der Waals surface area contributed by atoms with E-state index in [1.165, 1.54) is 0 Å². The summed E-state index contributed by atoms with van der Waals surface area (Å²) in [7, 11) is 0. The van der Waals surface area contributed by atoms with Crippen LogP contribution in [0, 0.1) is 0 Å². The number of amides is 1. The van der Waals surface area contributed by atoms with Crippen LogP contribution in [-0.2, 0) is 24.7 Å². The molecular formula is C29H29NO6. The highest BCUT2D eigenvalue weighted by Crippen LogP contribution is 2.44. The fourth-order valence-electron chi connectivity index (χ4n) is 4.54. The van der Waals surface area contributed by atoms with E-state index in [1.807, 2.05) is 78.9 Å². The number of carboxylic acids is 1. The number of carbonyl (C=O) groups is 3. The highest BCUT2D eigenvalue weighted by atomic mass is 16.6. The lowest BCUT2D eigenvalue weighted by Crippen LogP contribution is -2.42. The van der Waals surface area contributed by atoms with Crippen LogP contribution in [0.5, 0.6) is 0 Å². The minimum Gasteiger partial charge on any atom is -0.480 e. The summed E-state index contributed by atoms with van der Waals surface area (Å²) in [6.07, 6.45) is -1.14. The van der Waals surface area contributed by atoms with Crippen LogP contribution in [0.2, 0.25) is 0 Å². The maximum Gasteiger partial charge on any atom is 0.407 e. The summed E-state index contributed by atoms with van der Waals surface area (Å²) < 4.78 is 11.0. The Bertz CT molecular complexity index is 1210. The van der Waals surface area contributed by atoms with E-state index < -0.39 is 29.7 Å². The van der Waals surface area contributed by atoms with Gasteiger partial charge in [-0.15, -0.1) is 0 Å². The Morgan fingerprint density at radius 1 is 0.889 bits per heavy atom. The third-order valence-electron chi connectivity index (χ3n) is 6.41. The SMILES string of the molecule is CC(C)(OC(=O)CC[C@H](NC(=O)OCC1c2ccccc2-c2ccccc21)C(=O)O)c1ccccc1. The summed E-state index contributed by atoms with van der Waals surface area (Å²) in [6.45, 7) is 3.60. The van der Waals surface area contributed by atoms with E-state index >= 15 is 0 Å². The Hall–Kier alpha value is -4.13. The monoisotopic (exact) mass is 487 g/mol. The highest BCUT2D eigenvalue weighted by Gasteiger charge is 2.30. The van der Waals surface area contributed by atoms with Crippen LogP contribution in [0.3, 0.4) is 0 Å². The smallest absolute Gasteiger partial charge is 0.407 e. The number of hydrogen-bond donors (Lipinski definition) is 2. The molecule has 1 atom stereocenters.